The van der Waals surface area contributed by atoms with Gasteiger partial charge in [0.05, 0.1) is 6.61 Å². The summed E-state index contributed by atoms with van der Waals surface area (Å²) in [6.07, 6.45) is -1.38. The van der Waals surface area contributed by atoms with Gasteiger partial charge in [0.1, 0.15) is 11.9 Å². The highest BCUT2D eigenvalue weighted by Crippen LogP contribution is 2.20. The van der Waals surface area contributed by atoms with Gasteiger partial charge in [0.15, 0.2) is 6.23 Å². The molecule has 0 aliphatic heterocycles. The first-order chi connectivity index (χ1) is 8.58. The first-order valence-electron chi connectivity index (χ1n) is 5.98. The summed E-state index contributed by atoms with van der Waals surface area (Å²) in [5.74, 6) is 0.422. The predicted molar refractivity (Wildman–Crippen MR) is 67.8 cm³/mol. The normalized spacial score (nSPS) is 16.1. The van der Waals surface area contributed by atoms with Crippen molar-refractivity contribution >= 4 is 0 Å². The number of aliphatic hydroxyl groups excluding tert-OH is 3. The Labute approximate surface area is 107 Å². The molecule has 0 saturated carbocycles. The minimum absolute atomic E-state index is 0.00297. The lowest BCUT2D eigenvalue weighted by atomic mass is 10.0. The molecular formula is C13H21NO4. The zero-order chi connectivity index (χ0) is 13.5. The minimum Gasteiger partial charge on any atom is -0.472 e. The number of para-hydroxylation sites is 1. The molecule has 5 heteroatoms. The molecular weight excluding hydrogens is 234 g/mol. The van der Waals surface area contributed by atoms with E-state index in [9.17, 15) is 5.11 Å². The van der Waals surface area contributed by atoms with Gasteiger partial charge in [0.2, 0.25) is 0 Å². The van der Waals surface area contributed by atoms with Crippen molar-refractivity contribution in [2.45, 2.75) is 32.3 Å². The molecule has 0 saturated heterocycles. The Morgan fingerprint density at radius 1 is 1.28 bits per heavy atom. The minimum atomic E-state index is -0.883. The highest BCUT2D eigenvalue weighted by Gasteiger charge is 2.19. The van der Waals surface area contributed by atoms with Gasteiger partial charge < -0.3 is 20.1 Å². The van der Waals surface area contributed by atoms with Crippen LogP contribution in [-0.4, -0.2) is 34.3 Å². The number of benzene rings is 1. The van der Waals surface area contributed by atoms with E-state index in [1.54, 1.807) is 24.3 Å². The summed E-state index contributed by atoms with van der Waals surface area (Å²) in [5.41, 5.74) is 6.36. The summed E-state index contributed by atoms with van der Waals surface area (Å²) in [7, 11) is 0. The molecule has 0 fully saturated rings. The molecule has 3 unspecified atom stereocenters. The molecule has 1 aromatic carbocycles. The maximum absolute atomic E-state index is 9.82. The van der Waals surface area contributed by atoms with Gasteiger partial charge in [-0.3, -0.25) is 5.73 Å². The Kier molecular flexibility index (Phi) is 6.07. The van der Waals surface area contributed by atoms with E-state index in [4.69, 9.17) is 20.7 Å². The summed E-state index contributed by atoms with van der Waals surface area (Å²) in [6.45, 7) is 1.67. The first kappa shape index (κ1) is 14.9. The number of hydrogen-bond acceptors (Lipinski definition) is 5. The van der Waals surface area contributed by atoms with E-state index in [2.05, 4.69) is 0 Å². The van der Waals surface area contributed by atoms with Crippen molar-refractivity contribution in [3.8, 4) is 5.75 Å². The van der Waals surface area contributed by atoms with Gasteiger partial charge in [-0.25, -0.2) is 0 Å². The van der Waals surface area contributed by atoms with Gasteiger partial charge >= 0.3 is 0 Å². The maximum Gasteiger partial charge on any atom is 0.173 e. The van der Waals surface area contributed by atoms with E-state index in [1.165, 1.54) is 0 Å². The molecule has 0 amide bonds. The van der Waals surface area contributed by atoms with Crippen LogP contribution >= 0.6 is 0 Å². The van der Waals surface area contributed by atoms with Crippen LogP contribution in [0.3, 0.4) is 0 Å². The van der Waals surface area contributed by atoms with Gasteiger partial charge in [0.25, 0.3) is 0 Å². The SMILES string of the molecule is CC(CO)CC(O)C(N)Oc1ccccc1CO. The lowest BCUT2D eigenvalue weighted by molar-refractivity contribution is 0.0184. The smallest absolute Gasteiger partial charge is 0.173 e. The molecule has 0 aliphatic rings. The zero-order valence-corrected chi connectivity index (χ0v) is 10.5. The second kappa shape index (κ2) is 7.33. The monoisotopic (exact) mass is 255 g/mol. The molecule has 5 N–H and O–H groups in total. The van der Waals surface area contributed by atoms with Crippen molar-refractivity contribution in [1.82, 2.24) is 0 Å². The van der Waals surface area contributed by atoms with E-state index in [-0.39, 0.29) is 19.1 Å². The van der Waals surface area contributed by atoms with Crippen LogP contribution in [0, 0.1) is 5.92 Å². The van der Waals surface area contributed by atoms with Crippen LogP contribution in [0.1, 0.15) is 18.9 Å². The average Bonchev–Trinajstić information content (AvgIpc) is 2.39. The number of hydrogen-bond donors (Lipinski definition) is 4. The molecule has 3 atom stereocenters. The van der Waals surface area contributed by atoms with Crippen LogP contribution in [0.25, 0.3) is 0 Å². The Hall–Kier alpha value is -1.14. The van der Waals surface area contributed by atoms with Crippen LogP contribution in [0.2, 0.25) is 0 Å². The van der Waals surface area contributed by atoms with Gasteiger partial charge in [-0.05, 0) is 18.4 Å². The van der Waals surface area contributed by atoms with Gasteiger partial charge in [-0.2, -0.15) is 0 Å². The molecule has 1 rings (SSSR count). The van der Waals surface area contributed by atoms with Crippen molar-refractivity contribution in [3.63, 3.8) is 0 Å². The molecule has 0 spiro atoms. The topological polar surface area (TPSA) is 95.9 Å². The van der Waals surface area contributed by atoms with Crippen LogP contribution in [0.15, 0.2) is 24.3 Å². The maximum atomic E-state index is 9.82. The standard InChI is InChI=1S/C13H21NO4/c1-9(7-15)6-11(17)13(14)18-12-5-3-2-4-10(12)8-16/h2-5,9,11,13,15-17H,6-8,14H2,1H3. The zero-order valence-electron chi connectivity index (χ0n) is 10.5. The molecule has 0 bridgehead atoms. The van der Waals surface area contributed by atoms with E-state index < -0.39 is 12.3 Å². The second-order valence-corrected chi connectivity index (χ2v) is 4.44. The van der Waals surface area contributed by atoms with Crippen molar-refractivity contribution in [3.05, 3.63) is 29.8 Å². The Morgan fingerprint density at radius 2 is 1.94 bits per heavy atom. The summed E-state index contributed by atoms with van der Waals surface area (Å²) < 4.78 is 5.43. The molecule has 1 aromatic rings. The lowest BCUT2D eigenvalue weighted by Crippen LogP contribution is -2.41. The Bertz CT molecular complexity index is 359. The van der Waals surface area contributed by atoms with Crippen molar-refractivity contribution in [1.29, 1.82) is 0 Å². The number of nitrogens with two attached hydrogens (primary N) is 1. The summed E-state index contributed by atoms with van der Waals surface area (Å²) in [5, 5.41) is 27.9. The number of aliphatic hydroxyl groups is 3. The lowest BCUT2D eigenvalue weighted by Gasteiger charge is -2.23. The molecule has 0 radical (unpaired) electrons. The Balaban J connectivity index is 2.60. The Morgan fingerprint density at radius 3 is 2.56 bits per heavy atom. The van der Waals surface area contributed by atoms with Gasteiger partial charge in [-0.15, -0.1) is 0 Å². The van der Waals surface area contributed by atoms with Crippen LogP contribution in [0.5, 0.6) is 5.75 Å². The van der Waals surface area contributed by atoms with Crippen LogP contribution in [0.4, 0.5) is 0 Å². The fourth-order valence-corrected chi connectivity index (χ4v) is 1.60. The molecule has 5 nitrogen and oxygen atoms in total. The van der Waals surface area contributed by atoms with E-state index in [0.717, 1.165) is 0 Å². The number of ether oxygens (including phenoxy) is 1. The highest BCUT2D eigenvalue weighted by molar-refractivity contribution is 5.32. The van der Waals surface area contributed by atoms with Gasteiger partial charge in [0, 0.05) is 12.2 Å². The van der Waals surface area contributed by atoms with Crippen molar-refractivity contribution < 1.29 is 20.1 Å². The van der Waals surface area contributed by atoms with E-state index in [1.807, 2.05) is 6.92 Å². The fourth-order valence-electron chi connectivity index (χ4n) is 1.60. The van der Waals surface area contributed by atoms with Crippen molar-refractivity contribution in [2.75, 3.05) is 6.61 Å². The highest BCUT2D eigenvalue weighted by atomic mass is 16.5. The van der Waals surface area contributed by atoms with Crippen molar-refractivity contribution in [2.24, 2.45) is 11.7 Å². The third-order valence-corrected chi connectivity index (χ3v) is 2.74. The molecule has 0 aliphatic carbocycles. The van der Waals surface area contributed by atoms with Crippen LogP contribution < -0.4 is 10.5 Å². The van der Waals surface area contributed by atoms with E-state index in [0.29, 0.717) is 17.7 Å². The summed E-state index contributed by atoms with van der Waals surface area (Å²) >= 11 is 0. The quantitative estimate of drug-likeness (QED) is 0.523. The third kappa shape index (κ3) is 4.27. The van der Waals surface area contributed by atoms with Crippen LogP contribution in [-0.2, 0) is 6.61 Å². The summed E-state index contributed by atoms with van der Waals surface area (Å²) in [4.78, 5) is 0. The molecule has 18 heavy (non-hydrogen) atoms. The largest absolute Gasteiger partial charge is 0.472 e. The molecule has 0 heterocycles. The number of rotatable bonds is 7. The third-order valence-electron chi connectivity index (χ3n) is 2.74. The second-order valence-electron chi connectivity index (χ2n) is 4.44. The van der Waals surface area contributed by atoms with E-state index >= 15 is 0 Å². The first-order valence-corrected chi connectivity index (χ1v) is 5.98. The molecule has 102 valence electrons. The van der Waals surface area contributed by atoms with Gasteiger partial charge in [-0.1, -0.05) is 25.1 Å². The predicted octanol–water partition coefficient (Wildman–Crippen LogP) is 0.222. The summed E-state index contributed by atoms with van der Waals surface area (Å²) in [6, 6.07) is 6.97. The fraction of sp³-hybridized carbons (Fsp3) is 0.538. The molecule has 0 aromatic heterocycles. The average molecular weight is 255 g/mol.